The Balaban J connectivity index is 1.47. The molecule has 0 bridgehead atoms. The highest BCUT2D eigenvalue weighted by molar-refractivity contribution is 7.18. The molecule has 1 saturated heterocycles. The zero-order chi connectivity index (χ0) is 17.2. The van der Waals surface area contributed by atoms with Crippen molar-refractivity contribution >= 4 is 27.5 Å². The van der Waals surface area contributed by atoms with Crippen LogP contribution in [0.25, 0.3) is 10.2 Å². The molecule has 3 aromatic rings. The second-order valence-corrected chi connectivity index (χ2v) is 7.64. The number of primary amides is 1. The van der Waals surface area contributed by atoms with Crippen molar-refractivity contribution in [1.29, 1.82) is 0 Å². The minimum absolute atomic E-state index is 0.198. The van der Waals surface area contributed by atoms with Crippen LogP contribution in [-0.2, 0) is 17.9 Å². The van der Waals surface area contributed by atoms with Gasteiger partial charge in [0, 0.05) is 24.9 Å². The van der Waals surface area contributed by atoms with Gasteiger partial charge in [-0.2, -0.15) is 0 Å². The van der Waals surface area contributed by atoms with Crippen LogP contribution in [0.3, 0.4) is 0 Å². The molecule has 1 aromatic carbocycles. The van der Waals surface area contributed by atoms with Gasteiger partial charge < -0.3 is 10.3 Å². The Morgan fingerprint density at radius 1 is 1.36 bits per heavy atom. The molecule has 1 aliphatic rings. The second-order valence-electron chi connectivity index (χ2n) is 6.53. The molecule has 3 heterocycles. The van der Waals surface area contributed by atoms with E-state index in [0.717, 1.165) is 48.8 Å². The van der Waals surface area contributed by atoms with Crippen LogP contribution in [-0.4, -0.2) is 38.4 Å². The summed E-state index contributed by atoms with van der Waals surface area (Å²) in [5.41, 5.74) is 6.42. The molecule has 0 saturated carbocycles. The average molecular weight is 355 g/mol. The highest BCUT2D eigenvalue weighted by atomic mass is 32.1. The van der Waals surface area contributed by atoms with E-state index in [-0.39, 0.29) is 12.5 Å². The number of piperidine rings is 1. The zero-order valence-electron chi connectivity index (χ0n) is 14.0. The van der Waals surface area contributed by atoms with Crippen LogP contribution in [0.5, 0.6) is 0 Å². The van der Waals surface area contributed by atoms with Gasteiger partial charge >= 0.3 is 0 Å². The number of nitrogens with zero attached hydrogens (tertiary/aromatic N) is 4. The number of thiazole rings is 1. The smallest absolute Gasteiger partial charge is 0.237 e. The van der Waals surface area contributed by atoms with Crippen molar-refractivity contribution in [3.05, 3.63) is 47.5 Å². The molecular formula is C18H21N5OS. The zero-order valence-corrected chi connectivity index (χ0v) is 14.8. The summed E-state index contributed by atoms with van der Waals surface area (Å²) in [5.74, 6) is 0.965. The van der Waals surface area contributed by atoms with E-state index in [1.54, 1.807) is 17.5 Å². The number of para-hydroxylation sites is 1. The molecule has 0 aliphatic carbocycles. The minimum Gasteiger partial charge on any atom is -0.368 e. The lowest BCUT2D eigenvalue weighted by Gasteiger charge is -2.32. The highest BCUT2D eigenvalue weighted by Gasteiger charge is 2.25. The summed E-state index contributed by atoms with van der Waals surface area (Å²) < 4.78 is 3.12. The van der Waals surface area contributed by atoms with Crippen molar-refractivity contribution in [2.75, 3.05) is 13.1 Å². The molecule has 0 unspecified atom stereocenters. The van der Waals surface area contributed by atoms with Crippen molar-refractivity contribution in [1.82, 2.24) is 19.4 Å². The third-order valence-corrected chi connectivity index (χ3v) is 5.66. The number of carbonyl (C=O) groups is 1. The number of imidazole rings is 1. The largest absolute Gasteiger partial charge is 0.368 e. The molecule has 1 aliphatic heterocycles. The van der Waals surface area contributed by atoms with Crippen LogP contribution in [0.4, 0.5) is 0 Å². The van der Waals surface area contributed by atoms with E-state index in [1.807, 2.05) is 16.8 Å². The fourth-order valence-corrected chi connectivity index (χ4v) is 4.58. The van der Waals surface area contributed by atoms with Crippen molar-refractivity contribution in [3.8, 4) is 0 Å². The van der Waals surface area contributed by atoms with Crippen LogP contribution in [0.1, 0.15) is 29.6 Å². The summed E-state index contributed by atoms with van der Waals surface area (Å²) in [7, 11) is 0. The number of amides is 1. The molecule has 0 radical (unpaired) electrons. The first-order valence-corrected chi connectivity index (χ1v) is 9.37. The third kappa shape index (κ3) is 3.57. The Kier molecular flexibility index (Phi) is 4.50. The second kappa shape index (κ2) is 6.93. The molecule has 1 fully saturated rings. The first-order valence-electron chi connectivity index (χ1n) is 8.55. The Labute approximate surface area is 150 Å². The molecule has 130 valence electrons. The monoisotopic (exact) mass is 355 g/mol. The van der Waals surface area contributed by atoms with Crippen LogP contribution in [0.2, 0.25) is 0 Å². The van der Waals surface area contributed by atoms with Crippen LogP contribution >= 0.6 is 11.3 Å². The van der Waals surface area contributed by atoms with E-state index < -0.39 is 0 Å². The summed E-state index contributed by atoms with van der Waals surface area (Å²) in [6, 6.07) is 8.27. The van der Waals surface area contributed by atoms with Gasteiger partial charge in [0.2, 0.25) is 5.91 Å². The summed E-state index contributed by atoms with van der Waals surface area (Å²) in [4.78, 5) is 22.9. The van der Waals surface area contributed by atoms with Gasteiger partial charge in [0.25, 0.3) is 0 Å². The molecule has 25 heavy (non-hydrogen) atoms. The average Bonchev–Trinajstić information content (AvgIpc) is 3.20. The SMILES string of the molecule is NC(=O)Cn1ccnc1[C@H]1CCCN(Cc2nc3ccccc3s2)C1. The highest BCUT2D eigenvalue weighted by Crippen LogP contribution is 2.28. The molecule has 4 rings (SSSR count). The number of benzene rings is 1. The normalized spacial score (nSPS) is 18.6. The standard InChI is InChI=1S/C18H21N5OS/c19-16(24)11-23-9-7-20-18(23)13-4-3-8-22(10-13)12-17-21-14-5-1-2-6-15(14)25-17/h1-2,5-7,9,13H,3-4,8,10-12H2,(H2,19,24)/t13-/m0/s1. The predicted molar refractivity (Wildman–Crippen MR) is 98.3 cm³/mol. The fraction of sp³-hybridized carbons (Fsp3) is 0.389. The molecule has 6 nitrogen and oxygen atoms in total. The lowest BCUT2D eigenvalue weighted by molar-refractivity contribution is -0.118. The Morgan fingerprint density at radius 2 is 2.24 bits per heavy atom. The van der Waals surface area contributed by atoms with E-state index in [0.29, 0.717) is 5.92 Å². The molecule has 1 amide bonds. The first kappa shape index (κ1) is 16.2. The van der Waals surface area contributed by atoms with E-state index in [2.05, 4.69) is 28.1 Å². The van der Waals surface area contributed by atoms with Gasteiger partial charge in [-0.3, -0.25) is 9.69 Å². The quantitative estimate of drug-likeness (QED) is 0.762. The number of aromatic nitrogens is 3. The fourth-order valence-electron chi connectivity index (χ4n) is 3.57. The van der Waals surface area contributed by atoms with Gasteiger partial charge in [-0.05, 0) is 31.5 Å². The van der Waals surface area contributed by atoms with Crippen LogP contribution in [0, 0.1) is 0 Å². The van der Waals surface area contributed by atoms with Crippen LogP contribution in [0.15, 0.2) is 36.7 Å². The first-order chi connectivity index (χ1) is 12.2. The lowest BCUT2D eigenvalue weighted by atomic mass is 9.97. The van der Waals surface area contributed by atoms with Crippen molar-refractivity contribution in [2.24, 2.45) is 5.73 Å². The van der Waals surface area contributed by atoms with Crippen molar-refractivity contribution < 1.29 is 4.79 Å². The maximum absolute atomic E-state index is 11.2. The number of hydrogen-bond donors (Lipinski definition) is 1. The Bertz CT molecular complexity index is 853. The van der Waals surface area contributed by atoms with Gasteiger partial charge in [0.05, 0.1) is 16.8 Å². The van der Waals surface area contributed by atoms with E-state index in [4.69, 9.17) is 10.7 Å². The summed E-state index contributed by atoms with van der Waals surface area (Å²) in [6.07, 6.45) is 5.81. The van der Waals surface area contributed by atoms with Crippen molar-refractivity contribution in [2.45, 2.75) is 31.8 Å². The number of hydrogen-bond acceptors (Lipinski definition) is 5. The minimum atomic E-state index is -0.332. The third-order valence-electron chi connectivity index (χ3n) is 4.64. The number of fused-ring (bicyclic) bond motifs is 1. The summed E-state index contributed by atoms with van der Waals surface area (Å²) in [6.45, 7) is 3.07. The molecule has 2 N–H and O–H groups in total. The summed E-state index contributed by atoms with van der Waals surface area (Å²) in [5, 5.41) is 1.15. The van der Waals surface area contributed by atoms with Gasteiger partial charge in [-0.1, -0.05) is 12.1 Å². The molecule has 0 spiro atoms. The van der Waals surface area contributed by atoms with E-state index in [1.165, 1.54) is 4.70 Å². The lowest BCUT2D eigenvalue weighted by Crippen LogP contribution is -2.35. The number of carbonyl (C=O) groups excluding carboxylic acids is 1. The number of nitrogens with two attached hydrogens (primary N) is 1. The molecular weight excluding hydrogens is 334 g/mol. The topological polar surface area (TPSA) is 77.0 Å². The maximum atomic E-state index is 11.2. The van der Waals surface area contributed by atoms with Gasteiger partial charge in [-0.15, -0.1) is 11.3 Å². The molecule has 2 aromatic heterocycles. The maximum Gasteiger partial charge on any atom is 0.237 e. The Hall–Kier alpha value is -2.25. The Morgan fingerprint density at radius 3 is 3.08 bits per heavy atom. The molecule has 7 heteroatoms. The number of rotatable bonds is 5. The van der Waals surface area contributed by atoms with Gasteiger partial charge in [0.1, 0.15) is 17.4 Å². The summed E-state index contributed by atoms with van der Waals surface area (Å²) >= 11 is 1.77. The van der Waals surface area contributed by atoms with E-state index >= 15 is 0 Å². The predicted octanol–water partition coefficient (Wildman–Crippen LogP) is 2.36. The van der Waals surface area contributed by atoms with Gasteiger partial charge in [0.15, 0.2) is 0 Å². The van der Waals surface area contributed by atoms with E-state index in [9.17, 15) is 4.79 Å². The number of likely N-dealkylation sites (tertiary alicyclic amines) is 1. The van der Waals surface area contributed by atoms with Crippen LogP contribution < -0.4 is 5.73 Å². The van der Waals surface area contributed by atoms with Gasteiger partial charge in [-0.25, -0.2) is 9.97 Å². The van der Waals surface area contributed by atoms with Crippen molar-refractivity contribution in [3.63, 3.8) is 0 Å². The molecule has 1 atom stereocenters.